The van der Waals surface area contributed by atoms with Crippen molar-refractivity contribution in [1.82, 2.24) is 15.1 Å². The first-order valence-electron chi connectivity index (χ1n) is 7.36. The molecule has 0 bridgehead atoms. The van der Waals surface area contributed by atoms with Gasteiger partial charge in [-0.2, -0.15) is 5.10 Å². The number of rotatable bonds is 7. The Hall–Kier alpha value is -0.830. The van der Waals surface area contributed by atoms with Crippen LogP contribution < -0.4 is 5.32 Å². The van der Waals surface area contributed by atoms with Gasteiger partial charge in [0.2, 0.25) is 0 Å². The van der Waals surface area contributed by atoms with Gasteiger partial charge in [-0.05, 0) is 31.1 Å². The molecule has 0 unspecified atom stereocenters. The van der Waals surface area contributed by atoms with E-state index in [0.29, 0.717) is 5.92 Å². The molecule has 18 heavy (non-hydrogen) atoms. The highest BCUT2D eigenvalue weighted by Gasteiger charge is 2.22. The summed E-state index contributed by atoms with van der Waals surface area (Å²) in [6, 6.07) is 0.768. The first kappa shape index (κ1) is 13.6. The van der Waals surface area contributed by atoms with Crippen molar-refractivity contribution in [3.8, 4) is 0 Å². The van der Waals surface area contributed by atoms with Crippen LogP contribution in [0.2, 0.25) is 0 Å². The number of aryl methyl sites for hydroxylation is 1. The SMILES string of the molecule is CC(C)CCn1ncc(CNC2CC2)c1C(C)C. The van der Waals surface area contributed by atoms with Crippen LogP contribution in [0, 0.1) is 5.92 Å². The lowest BCUT2D eigenvalue weighted by atomic mass is 10.1. The number of hydrogen-bond donors (Lipinski definition) is 1. The fourth-order valence-corrected chi connectivity index (χ4v) is 2.34. The Morgan fingerprint density at radius 2 is 2.06 bits per heavy atom. The number of nitrogens with zero attached hydrogens (tertiary/aromatic N) is 2. The van der Waals surface area contributed by atoms with Crippen LogP contribution in [0.25, 0.3) is 0 Å². The van der Waals surface area contributed by atoms with Crippen LogP contribution in [-0.2, 0) is 13.1 Å². The summed E-state index contributed by atoms with van der Waals surface area (Å²) in [6.07, 6.45) is 5.96. The molecule has 0 atom stereocenters. The van der Waals surface area contributed by atoms with Gasteiger partial charge >= 0.3 is 0 Å². The minimum atomic E-state index is 0.552. The van der Waals surface area contributed by atoms with Crippen molar-refractivity contribution in [1.29, 1.82) is 0 Å². The molecule has 0 aliphatic heterocycles. The second-order valence-corrected chi connectivity index (χ2v) is 6.27. The second-order valence-electron chi connectivity index (χ2n) is 6.27. The number of aromatic nitrogens is 2. The molecule has 1 fully saturated rings. The lowest BCUT2D eigenvalue weighted by Gasteiger charge is -2.14. The molecule has 1 saturated carbocycles. The van der Waals surface area contributed by atoms with Crippen LogP contribution in [0.15, 0.2) is 6.20 Å². The first-order chi connectivity index (χ1) is 8.58. The van der Waals surface area contributed by atoms with Crippen molar-refractivity contribution in [2.24, 2.45) is 5.92 Å². The Labute approximate surface area is 111 Å². The molecule has 1 aromatic rings. The summed E-state index contributed by atoms with van der Waals surface area (Å²) in [5.74, 6) is 1.29. The zero-order chi connectivity index (χ0) is 13.1. The van der Waals surface area contributed by atoms with Gasteiger partial charge in [-0.15, -0.1) is 0 Å². The van der Waals surface area contributed by atoms with Crippen LogP contribution in [-0.4, -0.2) is 15.8 Å². The normalized spacial score (nSPS) is 15.9. The molecule has 102 valence electrons. The van der Waals surface area contributed by atoms with Crippen LogP contribution >= 0.6 is 0 Å². The average Bonchev–Trinajstić information content (AvgIpc) is 3.03. The standard InChI is InChI=1S/C15H27N3/c1-11(2)7-8-18-15(12(3)4)13(10-17-18)9-16-14-5-6-14/h10-12,14,16H,5-9H2,1-4H3. The number of nitrogens with one attached hydrogen (secondary N) is 1. The third-order valence-electron chi connectivity index (χ3n) is 3.58. The van der Waals surface area contributed by atoms with Crippen molar-refractivity contribution < 1.29 is 0 Å². The molecule has 3 nitrogen and oxygen atoms in total. The number of hydrogen-bond acceptors (Lipinski definition) is 2. The van der Waals surface area contributed by atoms with Crippen LogP contribution in [0.5, 0.6) is 0 Å². The van der Waals surface area contributed by atoms with E-state index in [4.69, 9.17) is 0 Å². The quantitative estimate of drug-likeness (QED) is 0.803. The van der Waals surface area contributed by atoms with Gasteiger partial charge < -0.3 is 5.32 Å². The molecule has 1 N–H and O–H groups in total. The molecule has 1 heterocycles. The van der Waals surface area contributed by atoms with Gasteiger partial charge in [0.05, 0.1) is 6.20 Å². The molecule has 3 heteroatoms. The van der Waals surface area contributed by atoms with Crippen LogP contribution in [0.1, 0.15) is 64.1 Å². The minimum absolute atomic E-state index is 0.552. The Bertz CT molecular complexity index is 352. The summed E-state index contributed by atoms with van der Waals surface area (Å²) in [6.45, 7) is 11.1. The highest BCUT2D eigenvalue weighted by Crippen LogP contribution is 2.23. The zero-order valence-electron chi connectivity index (χ0n) is 12.2. The van der Waals surface area contributed by atoms with Crippen LogP contribution in [0.4, 0.5) is 0 Å². The first-order valence-corrected chi connectivity index (χ1v) is 7.36. The van der Waals surface area contributed by atoms with Crippen LogP contribution in [0.3, 0.4) is 0 Å². The Morgan fingerprint density at radius 1 is 1.33 bits per heavy atom. The predicted molar refractivity (Wildman–Crippen MR) is 75.6 cm³/mol. The van der Waals surface area contributed by atoms with E-state index in [1.165, 1.54) is 30.5 Å². The maximum Gasteiger partial charge on any atom is 0.0537 e. The third kappa shape index (κ3) is 3.58. The van der Waals surface area contributed by atoms with Gasteiger partial charge in [-0.1, -0.05) is 27.7 Å². The lowest BCUT2D eigenvalue weighted by molar-refractivity contribution is 0.468. The second kappa shape index (κ2) is 5.87. The highest BCUT2D eigenvalue weighted by atomic mass is 15.3. The third-order valence-corrected chi connectivity index (χ3v) is 3.58. The van der Waals surface area contributed by atoms with Crippen molar-refractivity contribution in [2.75, 3.05) is 0 Å². The zero-order valence-corrected chi connectivity index (χ0v) is 12.2. The molecule has 1 aliphatic rings. The van der Waals surface area contributed by atoms with Crippen molar-refractivity contribution in [2.45, 2.75) is 72.0 Å². The van der Waals surface area contributed by atoms with Gasteiger partial charge in [-0.3, -0.25) is 4.68 Å². The minimum Gasteiger partial charge on any atom is -0.310 e. The molecule has 1 aromatic heterocycles. The summed E-state index contributed by atoms with van der Waals surface area (Å²) < 4.78 is 2.22. The van der Waals surface area contributed by atoms with E-state index < -0.39 is 0 Å². The van der Waals surface area contributed by atoms with E-state index in [1.807, 2.05) is 0 Å². The van der Waals surface area contributed by atoms with E-state index in [9.17, 15) is 0 Å². The fourth-order valence-electron chi connectivity index (χ4n) is 2.34. The molecular weight excluding hydrogens is 222 g/mol. The van der Waals surface area contributed by atoms with E-state index in [-0.39, 0.29) is 0 Å². The maximum atomic E-state index is 4.58. The molecule has 0 spiro atoms. The van der Waals surface area contributed by atoms with Gasteiger partial charge in [0.15, 0.2) is 0 Å². The summed E-state index contributed by atoms with van der Waals surface area (Å²) in [5, 5.41) is 8.18. The molecule has 2 rings (SSSR count). The van der Waals surface area contributed by atoms with E-state index >= 15 is 0 Å². The summed E-state index contributed by atoms with van der Waals surface area (Å²) in [7, 11) is 0. The largest absolute Gasteiger partial charge is 0.310 e. The molecule has 0 amide bonds. The lowest BCUT2D eigenvalue weighted by Crippen LogP contribution is -2.17. The predicted octanol–water partition coefficient (Wildman–Crippen LogP) is 3.30. The Morgan fingerprint density at radius 3 is 2.61 bits per heavy atom. The summed E-state index contributed by atoms with van der Waals surface area (Å²) in [5.41, 5.74) is 2.81. The monoisotopic (exact) mass is 249 g/mol. The molecular formula is C15H27N3. The molecule has 0 radical (unpaired) electrons. The van der Waals surface area contributed by atoms with Crippen molar-refractivity contribution in [3.63, 3.8) is 0 Å². The molecule has 0 aromatic carbocycles. The average molecular weight is 249 g/mol. The van der Waals surface area contributed by atoms with Crippen molar-refractivity contribution >= 4 is 0 Å². The van der Waals surface area contributed by atoms with Gasteiger partial charge in [-0.25, -0.2) is 0 Å². The maximum absolute atomic E-state index is 4.58. The Balaban J connectivity index is 2.03. The smallest absolute Gasteiger partial charge is 0.0537 e. The summed E-state index contributed by atoms with van der Waals surface area (Å²) in [4.78, 5) is 0. The van der Waals surface area contributed by atoms with Gasteiger partial charge in [0.1, 0.15) is 0 Å². The van der Waals surface area contributed by atoms with E-state index in [2.05, 4.69) is 49.0 Å². The molecule has 1 aliphatic carbocycles. The molecule has 0 saturated heterocycles. The summed E-state index contributed by atoms with van der Waals surface area (Å²) >= 11 is 0. The fraction of sp³-hybridized carbons (Fsp3) is 0.800. The van der Waals surface area contributed by atoms with Crippen molar-refractivity contribution in [3.05, 3.63) is 17.5 Å². The topological polar surface area (TPSA) is 29.9 Å². The van der Waals surface area contributed by atoms with Gasteiger partial charge in [0, 0.05) is 30.4 Å². The van der Waals surface area contributed by atoms with E-state index in [0.717, 1.165) is 25.0 Å². The van der Waals surface area contributed by atoms with E-state index in [1.54, 1.807) is 0 Å². The highest BCUT2D eigenvalue weighted by molar-refractivity contribution is 5.21. The Kier molecular flexibility index (Phi) is 4.44. The van der Waals surface area contributed by atoms with Gasteiger partial charge in [0.25, 0.3) is 0 Å².